The highest BCUT2D eigenvalue weighted by Crippen LogP contribution is 2.51. The molecule has 1 unspecified atom stereocenters. The summed E-state index contributed by atoms with van der Waals surface area (Å²) < 4.78 is 23.7. The van der Waals surface area contributed by atoms with Gasteiger partial charge in [-0.3, -0.25) is 4.79 Å². The van der Waals surface area contributed by atoms with E-state index < -0.39 is 26.5 Å². The molecule has 2 N–H and O–H groups in total. The molecule has 1 aromatic rings. The van der Waals surface area contributed by atoms with Gasteiger partial charge >= 0.3 is 5.97 Å². The van der Waals surface area contributed by atoms with Gasteiger partial charge in [0.2, 0.25) is 5.91 Å². The molecule has 2 fully saturated rings. The molecule has 1 aliphatic carbocycles. The maximum atomic E-state index is 12.6. The third kappa shape index (κ3) is 2.34. The summed E-state index contributed by atoms with van der Waals surface area (Å²) in [6.07, 6.45) is 2.26. The normalized spacial score (nSPS) is 24.1. The Kier molecular flexibility index (Phi) is 3.71. The smallest absolute Gasteiger partial charge is 0.336 e. The molecule has 1 amide bonds. The summed E-state index contributed by atoms with van der Waals surface area (Å²) in [5.74, 6) is -1.87. The monoisotopic (exact) mass is 337 g/mol. The van der Waals surface area contributed by atoms with Gasteiger partial charge in [-0.1, -0.05) is 12.5 Å². The molecule has 1 atom stereocenters. The minimum absolute atomic E-state index is 0.0548. The average molecular weight is 337 g/mol. The molecule has 0 radical (unpaired) electrons. The standard InChI is InChI=1S/C16H19NO5S/c1-10-11(15(19)20)4-2-5-13(10)17-14(18)12-6-9-23(21,22)16(12)7-3-8-16/h2,4-5,12H,3,6-9H2,1H3,(H,17,18)(H,19,20). The molecule has 3 rings (SSSR count). The predicted octanol–water partition coefficient (Wildman–Crippen LogP) is 1.99. The maximum absolute atomic E-state index is 12.6. The van der Waals surface area contributed by atoms with Crippen LogP contribution in [0.25, 0.3) is 0 Å². The van der Waals surface area contributed by atoms with E-state index in [4.69, 9.17) is 5.11 Å². The molecule has 23 heavy (non-hydrogen) atoms. The molecule has 124 valence electrons. The lowest BCUT2D eigenvalue weighted by Gasteiger charge is -2.41. The summed E-state index contributed by atoms with van der Waals surface area (Å²) in [5, 5.41) is 11.9. The SMILES string of the molecule is Cc1c(NC(=O)C2CCS(=O)(=O)C23CCC3)cccc1C(=O)O. The highest BCUT2D eigenvalue weighted by molar-refractivity contribution is 7.93. The van der Waals surface area contributed by atoms with Crippen molar-refractivity contribution in [1.29, 1.82) is 0 Å². The summed E-state index contributed by atoms with van der Waals surface area (Å²) >= 11 is 0. The van der Waals surface area contributed by atoms with Crippen molar-refractivity contribution in [3.05, 3.63) is 29.3 Å². The van der Waals surface area contributed by atoms with Gasteiger partial charge in [0, 0.05) is 5.69 Å². The molecule has 1 saturated carbocycles. The van der Waals surface area contributed by atoms with Crippen molar-refractivity contribution in [2.24, 2.45) is 5.92 Å². The largest absolute Gasteiger partial charge is 0.478 e. The van der Waals surface area contributed by atoms with Gasteiger partial charge in [0.1, 0.15) is 0 Å². The van der Waals surface area contributed by atoms with Crippen molar-refractivity contribution in [1.82, 2.24) is 0 Å². The van der Waals surface area contributed by atoms with Crippen LogP contribution in [0.15, 0.2) is 18.2 Å². The number of benzene rings is 1. The molecule has 1 aromatic carbocycles. The van der Waals surface area contributed by atoms with Gasteiger partial charge in [-0.2, -0.15) is 0 Å². The first kappa shape index (κ1) is 16.0. The Labute approximate surface area is 134 Å². The first-order valence-electron chi connectivity index (χ1n) is 7.64. The van der Waals surface area contributed by atoms with Crippen LogP contribution in [0.2, 0.25) is 0 Å². The number of aromatic carboxylic acids is 1. The van der Waals surface area contributed by atoms with Crippen molar-refractivity contribution in [3.63, 3.8) is 0 Å². The van der Waals surface area contributed by atoms with E-state index in [1.807, 2.05) is 0 Å². The second-order valence-electron chi connectivity index (χ2n) is 6.35. The highest BCUT2D eigenvalue weighted by Gasteiger charge is 2.60. The van der Waals surface area contributed by atoms with Crippen molar-refractivity contribution < 1.29 is 23.1 Å². The number of carboxylic acids is 1. The number of anilines is 1. The Hall–Kier alpha value is -1.89. The molecule has 1 spiro atoms. The summed E-state index contributed by atoms with van der Waals surface area (Å²) in [5.41, 5.74) is 1.02. The van der Waals surface area contributed by atoms with Crippen LogP contribution >= 0.6 is 0 Å². The number of carbonyl (C=O) groups excluding carboxylic acids is 1. The second-order valence-corrected chi connectivity index (χ2v) is 8.80. The topological polar surface area (TPSA) is 101 Å². The van der Waals surface area contributed by atoms with Crippen LogP contribution in [-0.2, 0) is 14.6 Å². The Morgan fingerprint density at radius 2 is 2.00 bits per heavy atom. The van der Waals surface area contributed by atoms with Crippen molar-refractivity contribution in [2.75, 3.05) is 11.1 Å². The van der Waals surface area contributed by atoms with E-state index in [1.165, 1.54) is 6.07 Å². The first-order valence-corrected chi connectivity index (χ1v) is 9.30. The fourth-order valence-electron chi connectivity index (χ4n) is 3.73. The second kappa shape index (κ2) is 5.33. The van der Waals surface area contributed by atoms with Crippen LogP contribution in [0.5, 0.6) is 0 Å². The lowest BCUT2D eigenvalue weighted by Crippen LogP contribution is -2.50. The number of sulfone groups is 1. The van der Waals surface area contributed by atoms with Gasteiger partial charge in [-0.05, 0) is 43.9 Å². The van der Waals surface area contributed by atoms with Crippen molar-refractivity contribution in [3.8, 4) is 0 Å². The summed E-state index contributed by atoms with van der Waals surface area (Å²) in [4.78, 5) is 23.8. The molecule has 0 aromatic heterocycles. The van der Waals surface area contributed by atoms with E-state index in [-0.39, 0.29) is 17.2 Å². The minimum atomic E-state index is -3.22. The van der Waals surface area contributed by atoms with Crippen LogP contribution in [-0.4, -0.2) is 35.9 Å². The first-order chi connectivity index (χ1) is 10.8. The van der Waals surface area contributed by atoms with Gasteiger partial charge in [0.05, 0.1) is 22.0 Å². The summed E-state index contributed by atoms with van der Waals surface area (Å²) in [7, 11) is -3.22. The summed E-state index contributed by atoms with van der Waals surface area (Å²) in [6, 6.07) is 4.67. The number of carbonyl (C=O) groups is 2. The van der Waals surface area contributed by atoms with Crippen LogP contribution in [0.4, 0.5) is 5.69 Å². The number of nitrogens with one attached hydrogen (secondary N) is 1. The number of hydrogen-bond donors (Lipinski definition) is 2. The molecule has 0 bridgehead atoms. The average Bonchev–Trinajstić information content (AvgIpc) is 2.71. The molecular formula is C16H19NO5S. The van der Waals surface area contributed by atoms with Gasteiger partial charge in [0.15, 0.2) is 9.84 Å². The molecule has 1 aliphatic heterocycles. The van der Waals surface area contributed by atoms with E-state index >= 15 is 0 Å². The van der Waals surface area contributed by atoms with Crippen LogP contribution in [0.1, 0.15) is 41.6 Å². The summed E-state index contributed by atoms with van der Waals surface area (Å²) in [6.45, 7) is 1.63. The highest BCUT2D eigenvalue weighted by atomic mass is 32.2. The molecule has 1 heterocycles. The van der Waals surface area contributed by atoms with Crippen LogP contribution in [0, 0.1) is 12.8 Å². The Morgan fingerprint density at radius 3 is 2.57 bits per heavy atom. The fourth-order valence-corrected chi connectivity index (χ4v) is 6.25. The van der Waals surface area contributed by atoms with Crippen LogP contribution in [0.3, 0.4) is 0 Å². The molecule has 7 heteroatoms. The third-order valence-corrected chi connectivity index (χ3v) is 7.97. The van der Waals surface area contributed by atoms with Gasteiger partial charge in [-0.15, -0.1) is 0 Å². The maximum Gasteiger partial charge on any atom is 0.336 e. The third-order valence-electron chi connectivity index (χ3n) is 5.27. The predicted molar refractivity (Wildman–Crippen MR) is 85.2 cm³/mol. The van der Waals surface area contributed by atoms with Crippen molar-refractivity contribution in [2.45, 2.75) is 37.4 Å². The zero-order valence-corrected chi connectivity index (χ0v) is 13.6. The molecule has 2 aliphatic rings. The number of hydrogen-bond acceptors (Lipinski definition) is 4. The Bertz CT molecular complexity index is 780. The molecule has 6 nitrogen and oxygen atoms in total. The molecule has 1 saturated heterocycles. The van der Waals surface area contributed by atoms with Gasteiger partial charge < -0.3 is 10.4 Å². The zero-order valence-electron chi connectivity index (χ0n) is 12.8. The number of rotatable bonds is 3. The van der Waals surface area contributed by atoms with E-state index in [2.05, 4.69) is 5.32 Å². The minimum Gasteiger partial charge on any atom is -0.478 e. The molecular weight excluding hydrogens is 318 g/mol. The van der Waals surface area contributed by atoms with E-state index in [0.717, 1.165) is 6.42 Å². The van der Waals surface area contributed by atoms with Gasteiger partial charge in [-0.25, -0.2) is 13.2 Å². The van der Waals surface area contributed by atoms with Gasteiger partial charge in [0.25, 0.3) is 0 Å². The zero-order chi connectivity index (χ0) is 16.8. The Morgan fingerprint density at radius 1 is 1.30 bits per heavy atom. The lowest BCUT2D eigenvalue weighted by molar-refractivity contribution is -0.121. The van der Waals surface area contributed by atoms with E-state index in [1.54, 1.807) is 19.1 Å². The fraction of sp³-hybridized carbons (Fsp3) is 0.500. The quantitative estimate of drug-likeness (QED) is 0.878. The van der Waals surface area contributed by atoms with Crippen molar-refractivity contribution >= 4 is 27.4 Å². The Balaban J connectivity index is 1.86. The van der Waals surface area contributed by atoms with E-state index in [9.17, 15) is 18.0 Å². The number of amides is 1. The lowest BCUT2D eigenvalue weighted by atomic mass is 9.73. The van der Waals surface area contributed by atoms with E-state index in [0.29, 0.717) is 30.5 Å². The number of carboxylic acid groups (broad SMARTS) is 1. The van der Waals surface area contributed by atoms with Crippen LogP contribution < -0.4 is 5.32 Å².